The summed E-state index contributed by atoms with van der Waals surface area (Å²) >= 11 is 0. The Hall–Kier alpha value is -4.17. The second-order valence-electron chi connectivity index (χ2n) is 8.20. The maximum absolute atomic E-state index is 5.87. The molecule has 0 aliphatic carbocycles. The molecule has 5 aromatic rings. The molecule has 0 bridgehead atoms. The highest BCUT2D eigenvalue weighted by molar-refractivity contribution is 5.64. The number of furan rings is 1. The van der Waals surface area contributed by atoms with Crippen LogP contribution in [-0.2, 0) is 13.1 Å². The predicted molar refractivity (Wildman–Crippen MR) is 132 cm³/mol. The summed E-state index contributed by atoms with van der Waals surface area (Å²) in [6.45, 7) is 4.24. The minimum Gasteiger partial charge on any atom is -0.497 e. The molecule has 0 amide bonds. The standard InChI is InChI=1S/C27H27N5O3/c1-3-15-31(19-25-28-29-27(35-25)24-10-7-16-34-24)17-21-18-32(22-8-5-4-6-9-22)30-26(21)20-11-13-23(33-2)14-12-20/h4-14,16,18H,3,15,17,19H2,1-2H3. The van der Waals surface area contributed by atoms with E-state index in [1.165, 1.54) is 0 Å². The molecule has 0 fully saturated rings. The van der Waals surface area contributed by atoms with Crippen LogP contribution in [-0.4, -0.2) is 38.5 Å². The first kappa shape index (κ1) is 22.6. The summed E-state index contributed by atoms with van der Waals surface area (Å²) in [6, 6.07) is 21.7. The van der Waals surface area contributed by atoms with E-state index in [1.54, 1.807) is 25.5 Å². The molecule has 178 valence electrons. The van der Waals surface area contributed by atoms with Crippen LogP contribution in [0.4, 0.5) is 0 Å². The lowest BCUT2D eigenvalue weighted by molar-refractivity contribution is 0.232. The Morgan fingerprint density at radius 3 is 2.49 bits per heavy atom. The number of ether oxygens (including phenoxy) is 1. The fourth-order valence-corrected chi connectivity index (χ4v) is 4.01. The third-order valence-corrected chi connectivity index (χ3v) is 5.67. The van der Waals surface area contributed by atoms with Gasteiger partial charge in [-0.25, -0.2) is 4.68 Å². The molecule has 3 aromatic heterocycles. The van der Waals surface area contributed by atoms with Crippen molar-refractivity contribution in [2.75, 3.05) is 13.7 Å². The number of methoxy groups -OCH3 is 1. The second-order valence-corrected chi connectivity index (χ2v) is 8.20. The molecule has 3 heterocycles. The first-order valence-electron chi connectivity index (χ1n) is 11.6. The van der Waals surface area contributed by atoms with Gasteiger partial charge in [-0.2, -0.15) is 5.10 Å². The Kier molecular flexibility index (Phi) is 6.72. The lowest BCUT2D eigenvalue weighted by Gasteiger charge is -2.19. The number of rotatable bonds is 10. The SMILES string of the molecule is CCCN(Cc1nnc(-c2ccco2)o1)Cc1cn(-c2ccccc2)nc1-c1ccc(OC)cc1. The van der Waals surface area contributed by atoms with E-state index in [0.717, 1.165) is 41.2 Å². The molecule has 0 aliphatic rings. The molecule has 0 saturated heterocycles. The summed E-state index contributed by atoms with van der Waals surface area (Å²) in [5.74, 6) is 2.31. The molecule has 0 radical (unpaired) electrons. The molecule has 0 saturated carbocycles. The average Bonchev–Trinajstić information content (AvgIpc) is 3.66. The van der Waals surface area contributed by atoms with E-state index in [9.17, 15) is 0 Å². The summed E-state index contributed by atoms with van der Waals surface area (Å²) in [5.41, 5.74) is 4.08. The van der Waals surface area contributed by atoms with Gasteiger partial charge in [0.2, 0.25) is 5.89 Å². The number of hydrogen-bond acceptors (Lipinski definition) is 7. The molecular weight excluding hydrogens is 442 g/mol. The van der Waals surface area contributed by atoms with Crippen molar-refractivity contribution in [1.82, 2.24) is 24.9 Å². The van der Waals surface area contributed by atoms with Crippen LogP contribution < -0.4 is 4.74 Å². The topological polar surface area (TPSA) is 82.4 Å². The van der Waals surface area contributed by atoms with Crippen molar-refractivity contribution in [1.29, 1.82) is 0 Å². The normalized spacial score (nSPS) is 11.3. The first-order chi connectivity index (χ1) is 17.2. The van der Waals surface area contributed by atoms with Gasteiger partial charge in [-0.05, 0) is 61.5 Å². The van der Waals surface area contributed by atoms with Crippen molar-refractivity contribution < 1.29 is 13.6 Å². The van der Waals surface area contributed by atoms with E-state index in [2.05, 4.69) is 28.2 Å². The van der Waals surface area contributed by atoms with Gasteiger partial charge in [-0.15, -0.1) is 10.2 Å². The maximum atomic E-state index is 5.87. The van der Waals surface area contributed by atoms with E-state index in [-0.39, 0.29) is 0 Å². The summed E-state index contributed by atoms with van der Waals surface area (Å²) in [7, 11) is 1.67. The molecule has 35 heavy (non-hydrogen) atoms. The van der Waals surface area contributed by atoms with Gasteiger partial charge < -0.3 is 13.6 Å². The second kappa shape index (κ2) is 10.4. The Morgan fingerprint density at radius 2 is 1.77 bits per heavy atom. The van der Waals surface area contributed by atoms with Gasteiger partial charge in [0.25, 0.3) is 5.89 Å². The van der Waals surface area contributed by atoms with Crippen molar-refractivity contribution in [3.63, 3.8) is 0 Å². The quantitative estimate of drug-likeness (QED) is 0.263. The van der Waals surface area contributed by atoms with Crippen LogP contribution in [0.15, 0.2) is 88.0 Å². The van der Waals surface area contributed by atoms with Gasteiger partial charge in [0, 0.05) is 23.9 Å². The third kappa shape index (κ3) is 5.17. The van der Waals surface area contributed by atoms with E-state index in [4.69, 9.17) is 18.7 Å². The molecule has 8 nitrogen and oxygen atoms in total. The van der Waals surface area contributed by atoms with Crippen LogP contribution in [0.1, 0.15) is 24.8 Å². The molecule has 0 aliphatic heterocycles. The summed E-state index contributed by atoms with van der Waals surface area (Å²) in [4.78, 5) is 2.29. The van der Waals surface area contributed by atoms with Gasteiger partial charge in [0.1, 0.15) is 5.75 Å². The van der Waals surface area contributed by atoms with Gasteiger partial charge in [-0.3, -0.25) is 4.90 Å². The van der Waals surface area contributed by atoms with Crippen LogP contribution in [0.2, 0.25) is 0 Å². The van der Waals surface area contributed by atoms with Crippen molar-refractivity contribution in [3.05, 3.63) is 90.6 Å². The van der Waals surface area contributed by atoms with Crippen LogP contribution in [0.3, 0.4) is 0 Å². The fourth-order valence-electron chi connectivity index (χ4n) is 4.01. The summed E-state index contributed by atoms with van der Waals surface area (Å²) < 4.78 is 18.5. The van der Waals surface area contributed by atoms with E-state index >= 15 is 0 Å². The summed E-state index contributed by atoms with van der Waals surface area (Å²) in [5, 5.41) is 13.3. The Bertz CT molecular complexity index is 1340. The number of aromatic nitrogens is 4. The molecule has 0 atom stereocenters. The number of para-hydroxylation sites is 1. The smallest absolute Gasteiger partial charge is 0.283 e. The predicted octanol–water partition coefficient (Wildman–Crippen LogP) is 5.60. The summed E-state index contributed by atoms with van der Waals surface area (Å²) in [6.07, 6.45) is 4.68. The van der Waals surface area contributed by atoms with Gasteiger partial charge in [-0.1, -0.05) is 25.1 Å². The third-order valence-electron chi connectivity index (χ3n) is 5.67. The molecular formula is C27H27N5O3. The monoisotopic (exact) mass is 469 g/mol. The average molecular weight is 470 g/mol. The van der Waals surface area contributed by atoms with E-state index in [1.807, 2.05) is 59.3 Å². The molecule has 2 aromatic carbocycles. The lowest BCUT2D eigenvalue weighted by atomic mass is 10.1. The molecule has 0 unspecified atom stereocenters. The van der Waals surface area contributed by atoms with Crippen molar-refractivity contribution in [3.8, 4) is 34.3 Å². The van der Waals surface area contributed by atoms with Gasteiger partial charge in [0.05, 0.1) is 31.3 Å². The Balaban J connectivity index is 1.44. The lowest BCUT2D eigenvalue weighted by Crippen LogP contribution is -2.24. The molecule has 0 N–H and O–H groups in total. The minimum absolute atomic E-state index is 0.386. The number of hydrogen-bond donors (Lipinski definition) is 0. The first-order valence-corrected chi connectivity index (χ1v) is 11.6. The van der Waals surface area contributed by atoms with Crippen molar-refractivity contribution >= 4 is 0 Å². The Labute approximate surface area is 203 Å². The number of nitrogens with zero attached hydrogens (tertiary/aromatic N) is 5. The number of benzene rings is 2. The zero-order chi connectivity index (χ0) is 24.0. The zero-order valence-electron chi connectivity index (χ0n) is 19.8. The van der Waals surface area contributed by atoms with Crippen molar-refractivity contribution in [2.24, 2.45) is 0 Å². The minimum atomic E-state index is 0.386. The zero-order valence-corrected chi connectivity index (χ0v) is 19.8. The highest BCUT2D eigenvalue weighted by Crippen LogP contribution is 2.27. The highest BCUT2D eigenvalue weighted by atomic mass is 16.5. The maximum Gasteiger partial charge on any atom is 0.283 e. The fraction of sp³-hybridized carbons (Fsp3) is 0.222. The highest BCUT2D eigenvalue weighted by Gasteiger charge is 2.19. The van der Waals surface area contributed by atoms with Gasteiger partial charge >= 0.3 is 0 Å². The van der Waals surface area contributed by atoms with Crippen LogP contribution in [0.25, 0.3) is 28.6 Å². The largest absolute Gasteiger partial charge is 0.497 e. The van der Waals surface area contributed by atoms with Crippen LogP contribution in [0.5, 0.6) is 5.75 Å². The van der Waals surface area contributed by atoms with Crippen molar-refractivity contribution in [2.45, 2.75) is 26.4 Å². The van der Waals surface area contributed by atoms with Crippen LogP contribution in [0, 0.1) is 0 Å². The Morgan fingerprint density at radius 1 is 0.943 bits per heavy atom. The van der Waals surface area contributed by atoms with E-state index in [0.29, 0.717) is 30.6 Å². The molecule has 5 rings (SSSR count). The van der Waals surface area contributed by atoms with Gasteiger partial charge in [0.15, 0.2) is 5.76 Å². The van der Waals surface area contributed by atoms with E-state index < -0.39 is 0 Å². The molecule has 0 spiro atoms. The molecule has 8 heteroatoms. The van der Waals surface area contributed by atoms with Crippen LogP contribution >= 0.6 is 0 Å².